The number of halogens is 1. The van der Waals surface area contributed by atoms with Crippen molar-refractivity contribution in [3.63, 3.8) is 0 Å². The number of phenols is 1. The van der Waals surface area contributed by atoms with Gasteiger partial charge in [-0.15, -0.1) is 0 Å². The Bertz CT molecular complexity index is 1170. The fourth-order valence-corrected chi connectivity index (χ4v) is 4.96. The maximum absolute atomic E-state index is 13.5. The first-order valence-corrected chi connectivity index (χ1v) is 11.3. The monoisotopic (exact) mass is 467 g/mol. The van der Waals surface area contributed by atoms with Crippen molar-refractivity contribution in [1.82, 2.24) is 5.32 Å². The second kappa shape index (κ2) is 9.32. The number of benzene rings is 2. The molecule has 2 aliphatic rings. The van der Waals surface area contributed by atoms with Crippen molar-refractivity contribution in [2.45, 2.75) is 38.5 Å². The van der Waals surface area contributed by atoms with Gasteiger partial charge in [0.15, 0.2) is 17.3 Å². The number of esters is 1. The van der Waals surface area contributed by atoms with Crippen LogP contribution in [-0.4, -0.2) is 30.6 Å². The van der Waals surface area contributed by atoms with Gasteiger partial charge >= 0.3 is 5.97 Å². The molecule has 4 rings (SSSR count). The molecule has 0 bridgehead atoms. The predicted molar refractivity (Wildman–Crippen MR) is 125 cm³/mol. The van der Waals surface area contributed by atoms with Gasteiger partial charge in [-0.2, -0.15) is 0 Å². The Hall–Kier alpha value is -3.25. The van der Waals surface area contributed by atoms with E-state index in [1.54, 1.807) is 26.0 Å². The Morgan fingerprint density at radius 2 is 1.91 bits per heavy atom. The lowest BCUT2D eigenvalue weighted by Gasteiger charge is -2.36. The summed E-state index contributed by atoms with van der Waals surface area (Å²) < 4.78 is 10.6. The smallest absolute Gasteiger partial charge is 0.336 e. The van der Waals surface area contributed by atoms with E-state index < -0.39 is 11.9 Å². The first-order chi connectivity index (χ1) is 15.8. The van der Waals surface area contributed by atoms with Crippen LogP contribution in [0.1, 0.15) is 49.7 Å². The molecule has 0 aromatic heterocycles. The van der Waals surface area contributed by atoms with Gasteiger partial charge in [0.05, 0.1) is 24.3 Å². The van der Waals surface area contributed by atoms with Gasteiger partial charge in [0.25, 0.3) is 0 Å². The van der Waals surface area contributed by atoms with Gasteiger partial charge in [0.1, 0.15) is 0 Å². The molecule has 33 heavy (non-hydrogen) atoms. The summed E-state index contributed by atoms with van der Waals surface area (Å²) in [5, 5.41) is 13.7. The lowest BCUT2D eigenvalue weighted by atomic mass is 9.71. The van der Waals surface area contributed by atoms with Gasteiger partial charge in [0, 0.05) is 29.3 Å². The second-order valence-corrected chi connectivity index (χ2v) is 8.61. The second-order valence-electron chi connectivity index (χ2n) is 8.20. The minimum atomic E-state index is -0.685. The molecule has 1 heterocycles. The summed E-state index contributed by atoms with van der Waals surface area (Å²) in [6.45, 7) is 3.92. The molecular weight excluding hydrogens is 442 g/mol. The summed E-state index contributed by atoms with van der Waals surface area (Å²) in [6.07, 6.45) is 0.968. The van der Waals surface area contributed by atoms with Crippen molar-refractivity contribution in [1.29, 1.82) is 0 Å². The minimum Gasteiger partial charge on any atom is -0.503 e. The van der Waals surface area contributed by atoms with Crippen molar-refractivity contribution >= 4 is 23.4 Å². The molecule has 0 saturated carbocycles. The lowest BCUT2D eigenvalue weighted by Crippen LogP contribution is -2.36. The van der Waals surface area contributed by atoms with Crippen LogP contribution in [0.3, 0.4) is 0 Å². The molecular formula is C26H26ClNO5. The van der Waals surface area contributed by atoms with Gasteiger partial charge in [-0.25, -0.2) is 4.79 Å². The third-order valence-corrected chi connectivity index (χ3v) is 6.48. The molecule has 0 radical (unpaired) electrons. The fraction of sp³-hybridized carbons (Fsp3) is 0.308. The van der Waals surface area contributed by atoms with E-state index in [4.69, 9.17) is 21.1 Å². The number of phenolic OH excluding ortho intramolecular Hbond substituents is 1. The van der Waals surface area contributed by atoms with Crippen LogP contribution in [0.15, 0.2) is 65.0 Å². The maximum atomic E-state index is 13.5. The number of Topliss-reactive ketones (excluding diaryl/α,β-unsaturated/α-hetero) is 1. The summed E-state index contributed by atoms with van der Waals surface area (Å²) in [4.78, 5) is 26.4. The van der Waals surface area contributed by atoms with Crippen LogP contribution in [0.25, 0.3) is 0 Å². The highest BCUT2D eigenvalue weighted by Crippen LogP contribution is 2.48. The molecule has 2 atom stereocenters. The highest BCUT2D eigenvalue weighted by Gasteiger charge is 2.41. The van der Waals surface area contributed by atoms with E-state index in [0.29, 0.717) is 41.9 Å². The molecule has 2 N–H and O–H groups in total. The highest BCUT2D eigenvalue weighted by molar-refractivity contribution is 6.32. The number of dihydropyridines is 1. The average Bonchev–Trinajstić information content (AvgIpc) is 2.81. The van der Waals surface area contributed by atoms with E-state index in [0.717, 1.165) is 11.3 Å². The van der Waals surface area contributed by atoms with E-state index in [1.807, 2.05) is 30.3 Å². The molecule has 0 amide bonds. The molecule has 6 nitrogen and oxygen atoms in total. The predicted octanol–water partition coefficient (Wildman–Crippen LogP) is 4.98. The highest BCUT2D eigenvalue weighted by atomic mass is 35.5. The van der Waals surface area contributed by atoms with Crippen LogP contribution in [0.2, 0.25) is 5.02 Å². The summed E-state index contributed by atoms with van der Waals surface area (Å²) in [5.41, 5.74) is 3.96. The van der Waals surface area contributed by atoms with Crippen molar-refractivity contribution in [2.24, 2.45) is 0 Å². The molecule has 0 unspecified atom stereocenters. The topological polar surface area (TPSA) is 84.9 Å². The van der Waals surface area contributed by atoms with Crippen molar-refractivity contribution in [2.75, 3.05) is 13.7 Å². The number of carbonyl (C=O) groups excluding carboxylic acids is 2. The standard InChI is InChI=1S/C26H26ClNO5/c1-4-33-21-13-17(10-18(27)25(21)30)23-22(26(31)32-3)14(2)28-19-11-16(12-20(29)24(19)23)15-8-6-5-7-9-15/h5-10,13,16,23,28,30H,4,11-12H2,1-3H3/t16-,23+/m1/s1. The van der Waals surface area contributed by atoms with E-state index in [2.05, 4.69) is 5.32 Å². The maximum Gasteiger partial charge on any atom is 0.336 e. The first kappa shape index (κ1) is 22.9. The zero-order valence-electron chi connectivity index (χ0n) is 18.8. The van der Waals surface area contributed by atoms with Crippen LogP contribution in [-0.2, 0) is 14.3 Å². The average molecular weight is 468 g/mol. The number of hydrogen-bond donors (Lipinski definition) is 2. The first-order valence-electron chi connectivity index (χ1n) is 10.9. The number of ether oxygens (including phenoxy) is 2. The van der Waals surface area contributed by atoms with Crippen LogP contribution < -0.4 is 10.1 Å². The zero-order chi connectivity index (χ0) is 23.7. The molecule has 7 heteroatoms. The van der Waals surface area contributed by atoms with Gasteiger partial charge in [-0.1, -0.05) is 41.9 Å². The van der Waals surface area contributed by atoms with Crippen LogP contribution in [0.4, 0.5) is 0 Å². The van der Waals surface area contributed by atoms with Crippen LogP contribution in [0, 0.1) is 0 Å². The number of rotatable bonds is 5. The molecule has 1 aliphatic carbocycles. The molecule has 0 spiro atoms. The SMILES string of the molecule is CCOc1cc([C@H]2C(C(=O)OC)=C(C)NC3=C2C(=O)C[C@H](c2ccccc2)C3)cc(Cl)c1O. The zero-order valence-corrected chi connectivity index (χ0v) is 19.5. The fourth-order valence-electron chi connectivity index (χ4n) is 4.74. The number of methoxy groups -OCH3 is 1. The third-order valence-electron chi connectivity index (χ3n) is 6.19. The molecule has 0 fully saturated rings. The minimum absolute atomic E-state index is 0.0421. The Balaban J connectivity index is 1.86. The summed E-state index contributed by atoms with van der Waals surface area (Å²) >= 11 is 6.31. The van der Waals surface area contributed by atoms with Crippen molar-refractivity contribution < 1.29 is 24.2 Å². The van der Waals surface area contributed by atoms with Gasteiger partial charge < -0.3 is 19.9 Å². The number of ketones is 1. The normalized spacial score (nSPS) is 20.3. The molecule has 0 saturated heterocycles. The Kier molecular flexibility index (Phi) is 6.47. The Morgan fingerprint density at radius 1 is 1.18 bits per heavy atom. The van der Waals surface area contributed by atoms with E-state index in [1.165, 1.54) is 7.11 Å². The quantitative estimate of drug-likeness (QED) is 0.603. The largest absolute Gasteiger partial charge is 0.503 e. The third kappa shape index (κ3) is 4.23. The van der Waals surface area contributed by atoms with Gasteiger partial charge in [-0.05, 0) is 49.4 Å². The van der Waals surface area contributed by atoms with E-state index >= 15 is 0 Å². The molecule has 2 aromatic rings. The Labute approximate surface area is 197 Å². The molecule has 2 aromatic carbocycles. The number of allylic oxidation sites excluding steroid dienone is 3. The number of carbonyl (C=O) groups is 2. The Morgan fingerprint density at radius 3 is 2.58 bits per heavy atom. The van der Waals surface area contributed by atoms with Crippen molar-refractivity contribution in [3.05, 3.63) is 81.2 Å². The molecule has 172 valence electrons. The number of aromatic hydroxyl groups is 1. The van der Waals surface area contributed by atoms with Gasteiger partial charge in [0.2, 0.25) is 0 Å². The van der Waals surface area contributed by atoms with Crippen LogP contribution in [0.5, 0.6) is 11.5 Å². The van der Waals surface area contributed by atoms with Gasteiger partial charge in [-0.3, -0.25) is 4.79 Å². The van der Waals surface area contributed by atoms with E-state index in [9.17, 15) is 14.7 Å². The summed E-state index contributed by atoms with van der Waals surface area (Å²) in [7, 11) is 1.31. The summed E-state index contributed by atoms with van der Waals surface area (Å²) in [6, 6.07) is 13.2. The van der Waals surface area contributed by atoms with Crippen LogP contribution >= 0.6 is 11.6 Å². The number of nitrogens with one attached hydrogen (secondary N) is 1. The number of hydrogen-bond acceptors (Lipinski definition) is 6. The van der Waals surface area contributed by atoms with E-state index in [-0.39, 0.29) is 28.2 Å². The lowest BCUT2D eigenvalue weighted by molar-refractivity contribution is -0.136. The summed E-state index contributed by atoms with van der Waals surface area (Å²) in [5.74, 6) is -1.19. The van der Waals surface area contributed by atoms with Crippen molar-refractivity contribution in [3.8, 4) is 11.5 Å². The molecule has 1 aliphatic heterocycles.